The van der Waals surface area contributed by atoms with E-state index in [0.717, 1.165) is 19.3 Å². The zero-order valence-electron chi connectivity index (χ0n) is 8.12. The Labute approximate surface area is 74.0 Å². The van der Waals surface area contributed by atoms with Crippen molar-refractivity contribution in [3.63, 3.8) is 0 Å². The second kappa shape index (κ2) is 4.80. The van der Waals surface area contributed by atoms with Crippen LogP contribution in [0.1, 0.15) is 40.0 Å². The van der Waals surface area contributed by atoms with Crippen LogP contribution in [0.25, 0.3) is 0 Å². The van der Waals surface area contributed by atoms with Crippen LogP contribution in [0, 0.1) is 11.8 Å². The predicted octanol–water partition coefficient (Wildman–Crippen LogP) is 1.08. The van der Waals surface area contributed by atoms with E-state index in [1.54, 1.807) is 6.92 Å². The van der Waals surface area contributed by atoms with Gasteiger partial charge in [-0.3, -0.25) is 0 Å². The van der Waals surface area contributed by atoms with Crippen LogP contribution in [0.4, 0.5) is 0 Å². The Bertz CT molecular complexity index is 117. The largest absolute Gasteiger partial charge is 0.343 e. The lowest BCUT2D eigenvalue weighted by Crippen LogP contribution is -2.39. The van der Waals surface area contributed by atoms with E-state index in [4.69, 9.17) is 15.3 Å². The third-order valence-corrected chi connectivity index (χ3v) is 2.50. The summed E-state index contributed by atoms with van der Waals surface area (Å²) in [6.07, 6.45) is 2.78. The van der Waals surface area contributed by atoms with Crippen molar-refractivity contribution in [2.45, 2.75) is 46.0 Å². The third kappa shape index (κ3) is 3.52. The van der Waals surface area contributed by atoms with Gasteiger partial charge in [0.2, 0.25) is 0 Å². The van der Waals surface area contributed by atoms with Crippen LogP contribution in [0.2, 0.25) is 0 Å². The lowest BCUT2D eigenvalue weighted by atomic mass is 9.86. The minimum atomic E-state index is -2.52. The van der Waals surface area contributed by atoms with Crippen molar-refractivity contribution in [1.82, 2.24) is 0 Å². The minimum absolute atomic E-state index is 0.176. The van der Waals surface area contributed by atoms with Gasteiger partial charge in [0, 0.05) is 5.92 Å². The molecule has 3 heteroatoms. The quantitative estimate of drug-likeness (QED) is 0.549. The fourth-order valence-electron chi connectivity index (χ4n) is 1.49. The smallest absolute Gasteiger partial charge is 0.278 e. The van der Waals surface area contributed by atoms with E-state index in [1.165, 1.54) is 0 Å². The number of hydrogen-bond donors (Lipinski definition) is 3. The minimum Gasteiger partial charge on any atom is -0.343 e. The van der Waals surface area contributed by atoms with Crippen LogP contribution in [0.5, 0.6) is 0 Å². The molecule has 0 bridgehead atoms. The second-order valence-electron chi connectivity index (χ2n) is 3.43. The molecule has 3 nitrogen and oxygen atoms in total. The molecule has 0 aromatic rings. The molecule has 0 saturated carbocycles. The molecular formula is C9H20O3. The van der Waals surface area contributed by atoms with Gasteiger partial charge in [-0.2, -0.15) is 0 Å². The maximum atomic E-state index is 8.93. The highest BCUT2D eigenvalue weighted by Gasteiger charge is 2.33. The van der Waals surface area contributed by atoms with E-state index in [9.17, 15) is 0 Å². The summed E-state index contributed by atoms with van der Waals surface area (Å²) in [6, 6.07) is 0. The van der Waals surface area contributed by atoms with E-state index in [-0.39, 0.29) is 5.92 Å². The first kappa shape index (κ1) is 11.9. The topological polar surface area (TPSA) is 60.7 Å². The summed E-state index contributed by atoms with van der Waals surface area (Å²) >= 11 is 0. The van der Waals surface area contributed by atoms with Gasteiger partial charge in [-0.05, 0) is 5.92 Å². The SMILES string of the molecule is CCCC(CC)C(C)C(O)(O)O. The van der Waals surface area contributed by atoms with Crippen molar-refractivity contribution in [2.75, 3.05) is 0 Å². The molecule has 0 aromatic heterocycles. The van der Waals surface area contributed by atoms with Gasteiger partial charge in [0.1, 0.15) is 0 Å². The van der Waals surface area contributed by atoms with Crippen molar-refractivity contribution < 1.29 is 15.3 Å². The molecule has 0 rings (SSSR count). The van der Waals surface area contributed by atoms with Crippen molar-refractivity contribution in [1.29, 1.82) is 0 Å². The van der Waals surface area contributed by atoms with Gasteiger partial charge in [0.05, 0.1) is 0 Å². The Morgan fingerprint density at radius 3 is 1.92 bits per heavy atom. The molecular weight excluding hydrogens is 156 g/mol. The summed E-state index contributed by atoms with van der Waals surface area (Å²) in [5.41, 5.74) is 0. The van der Waals surface area contributed by atoms with Gasteiger partial charge >= 0.3 is 0 Å². The van der Waals surface area contributed by atoms with E-state index in [2.05, 4.69) is 0 Å². The van der Waals surface area contributed by atoms with Crippen LogP contribution >= 0.6 is 0 Å². The molecule has 74 valence electrons. The maximum absolute atomic E-state index is 8.93. The highest BCUT2D eigenvalue weighted by molar-refractivity contribution is 4.69. The lowest BCUT2D eigenvalue weighted by molar-refractivity contribution is -0.347. The molecule has 0 radical (unpaired) electrons. The first-order chi connectivity index (χ1) is 5.43. The van der Waals surface area contributed by atoms with Crippen molar-refractivity contribution in [3.05, 3.63) is 0 Å². The summed E-state index contributed by atoms with van der Waals surface area (Å²) in [4.78, 5) is 0. The molecule has 0 spiro atoms. The standard InChI is InChI=1S/C9H20O3/c1-4-6-8(5-2)7(3)9(10,11)12/h7-8,10-12H,4-6H2,1-3H3. The fourth-order valence-corrected chi connectivity index (χ4v) is 1.49. The zero-order chi connectivity index (χ0) is 9.78. The molecule has 0 fully saturated rings. The number of rotatable bonds is 5. The van der Waals surface area contributed by atoms with Crippen LogP contribution in [-0.4, -0.2) is 21.3 Å². The van der Waals surface area contributed by atoms with Gasteiger partial charge in [-0.1, -0.05) is 40.0 Å². The number of aliphatic hydroxyl groups is 3. The summed E-state index contributed by atoms with van der Waals surface area (Å²) in [6.45, 7) is 5.69. The Hall–Kier alpha value is -0.120. The summed E-state index contributed by atoms with van der Waals surface area (Å²) < 4.78 is 0. The summed E-state index contributed by atoms with van der Waals surface area (Å²) in [5, 5.41) is 26.8. The molecule has 0 heterocycles. The van der Waals surface area contributed by atoms with E-state index >= 15 is 0 Å². The van der Waals surface area contributed by atoms with Crippen molar-refractivity contribution >= 4 is 0 Å². The second-order valence-corrected chi connectivity index (χ2v) is 3.43. The van der Waals surface area contributed by atoms with Crippen LogP contribution in [0.15, 0.2) is 0 Å². The molecule has 0 saturated heterocycles. The molecule has 0 aliphatic carbocycles. The maximum Gasteiger partial charge on any atom is 0.278 e. The first-order valence-corrected chi connectivity index (χ1v) is 4.60. The molecule has 2 unspecified atom stereocenters. The van der Waals surface area contributed by atoms with Gasteiger partial charge < -0.3 is 15.3 Å². The molecule has 0 aliphatic rings. The zero-order valence-corrected chi connectivity index (χ0v) is 8.12. The van der Waals surface area contributed by atoms with Gasteiger partial charge in [0.15, 0.2) is 0 Å². The normalized spacial score (nSPS) is 17.5. The molecule has 12 heavy (non-hydrogen) atoms. The van der Waals surface area contributed by atoms with E-state index in [0.29, 0.717) is 0 Å². The van der Waals surface area contributed by atoms with Gasteiger partial charge in [-0.15, -0.1) is 0 Å². The monoisotopic (exact) mass is 176 g/mol. The van der Waals surface area contributed by atoms with Crippen molar-refractivity contribution in [2.24, 2.45) is 11.8 Å². The Morgan fingerprint density at radius 2 is 1.67 bits per heavy atom. The average Bonchev–Trinajstić information content (AvgIpc) is 1.97. The van der Waals surface area contributed by atoms with Crippen LogP contribution in [0.3, 0.4) is 0 Å². The molecule has 2 atom stereocenters. The van der Waals surface area contributed by atoms with Crippen LogP contribution < -0.4 is 0 Å². The van der Waals surface area contributed by atoms with E-state index in [1.807, 2.05) is 13.8 Å². The lowest BCUT2D eigenvalue weighted by Gasteiger charge is -2.29. The predicted molar refractivity (Wildman–Crippen MR) is 47.2 cm³/mol. The Morgan fingerprint density at radius 1 is 1.17 bits per heavy atom. The third-order valence-electron chi connectivity index (χ3n) is 2.50. The Kier molecular flexibility index (Phi) is 4.75. The highest BCUT2D eigenvalue weighted by Crippen LogP contribution is 2.27. The van der Waals surface area contributed by atoms with E-state index < -0.39 is 11.9 Å². The molecule has 0 aromatic carbocycles. The molecule has 0 amide bonds. The summed E-state index contributed by atoms with van der Waals surface area (Å²) in [7, 11) is 0. The highest BCUT2D eigenvalue weighted by atomic mass is 16.7. The fraction of sp³-hybridized carbons (Fsp3) is 1.00. The number of hydrogen-bond acceptors (Lipinski definition) is 3. The van der Waals surface area contributed by atoms with Gasteiger partial charge in [-0.25, -0.2) is 0 Å². The average molecular weight is 176 g/mol. The van der Waals surface area contributed by atoms with Gasteiger partial charge in [0.25, 0.3) is 5.97 Å². The Balaban J connectivity index is 4.11. The molecule has 0 aliphatic heterocycles. The summed E-state index contributed by atoms with van der Waals surface area (Å²) in [5.74, 6) is -2.83. The molecule has 3 N–H and O–H groups in total. The first-order valence-electron chi connectivity index (χ1n) is 4.60. The van der Waals surface area contributed by atoms with Crippen molar-refractivity contribution in [3.8, 4) is 0 Å². The van der Waals surface area contributed by atoms with Crippen LogP contribution in [-0.2, 0) is 0 Å².